The van der Waals surface area contributed by atoms with Gasteiger partial charge in [0, 0.05) is 36.6 Å². The van der Waals surface area contributed by atoms with E-state index < -0.39 is 17.7 Å². The molecule has 14 heteroatoms. The minimum absolute atomic E-state index is 0.0813. The third-order valence-corrected chi connectivity index (χ3v) is 7.22. The molecule has 0 saturated carbocycles. The maximum Gasteiger partial charge on any atom is 0.254 e. The second-order valence-electron chi connectivity index (χ2n) is 10.0. The first-order valence-corrected chi connectivity index (χ1v) is 15.7. The molecule has 0 spiro atoms. The number of amides is 4. The largest absolute Gasteiger partial charge is 0.369 e. The molecule has 1 atom stereocenters. The molecule has 8 N–H and O–H groups in total. The normalized spacial score (nSPS) is 14.3. The fourth-order valence-electron chi connectivity index (χ4n) is 4.36. The van der Waals surface area contributed by atoms with Crippen LogP contribution in [0.1, 0.15) is 43.9 Å². The summed E-state index contributed by atoms with van der Waals surface area (Å²) in [6, 6.07) is 10.3. The molecule has 3 aromatic heterocycles. The fraction of sp³-hybridized carbons (Fsp3) is 0.367. The molecule has 1 saturated heterocycles. The molecule has 0 aromatic carbocycles. The maximum atomic E-state index is 11.1. The predicted molar refractivity (Wildman–Crippen MR) is 168 cm³/mol. The maximum absolute atomic E-state index is 11.1. The number of hydrogen-bond acceptors (Lipinski definition) is 5. The lowest BCUT2D eigenvalue weighted by atomic mass is 9.98. The van der Waals surface area contributed by atoms with E-state index in [4.69, 9.17) is 34.5 Å². The van der Waals surface area contributed by atoms with Crippen LogP contribution >= 0.6 is 27.5 Å². The SMILES string of the molecule is NC(=O)C1CCCN(CCBr)C1.NC(=O)c1ccc[n+](CCCl)c1.NC(=O)c1ccc[n+](CC[n+]2cccc(C(N)=O)c2)c1. The zero-order chi connectivity index (χ0) is 32.5. The fourth-order valence-corrected chi connectivity index (χ4v) is 5.06. The number of piperidine rings is 1. The molecule has 1 unspecified atom stereocenters. The second-order valence-corrected chi connectivity index (χ2v) is 11.2. The first-order chi connectivity index (χ1) is 21.0. The molecule has 4 heterocycles. The van der Waals surface area contributed by atoms with E-state index in [1.807, 2.05) is 32.3 Å². The summed E-state index contributed by atoms with van der Waals surface area (Å²) in [5, 5.41) is 0.971. The van der Waals surface area contributed by atoms with Crippen LogP contribution in [-0.4, -0.2) is 59.4 Å². The summed E-state index contributed by atoms with van der Waals surface area (Å²) in [5.41, 5.74) is 22.2. The van der Waals surface area contributed by atoms with Gasteiger partial charge >= 0.3 is 0 Å². The van der Waals surface area contributed by atoms with Crippen molar-refractivity contribution in [1.82, 2.24) is 4.90 Å². The van der Waals surface area contributed by atoms with Crippen molar-refractivity contribution < 1.29 is 32.9 Å². The Morgan fingerprint density at radius 1 is 0.773 bits per heavy atom. The molecule has 1 aliphatic rings. The highest BCUT2D eigenvalue weighted by Gasteiger charge is 2.23. The molecular formula is C30H41BrClN8O4+3. The van der Waals surface area contributed by atoms with E-state index in [1.165, 1.54) is 0 Å². The molecule has 0 bridgehead atoms. The van der Waals surface area contributed by atoms with Gasteiger partial charge in [-0.05, 0) is 37.6 Å². The molecule has 236 valence electrons. The van der Waals surface area contributed by atoms with Crippen LogP contribution in [0.5, 0.6) is 0 Å². The van der Waals surface area contributed by atoms with E-state index in [0.717, 1.165) is 37.8 Å². The topological polar surface area (TPSA) is 187 Å². The van der Waals surface area contributed by atoms with Crippen LogP contribution in [0.25, 0.3) is 0 Å². The number of likely N-dealkylation sites (tertiary alicyclic amines) is 1. The Hall–Kier alpha value is -3.94. The summed E-state index contributed by atoms with van der Waals surface area (Å²) in [7, 11) is 0. The van der Waals surface area contributed by atoms with Crippen molar-refractivity contribution >= 4 is 51.2 Å². The Morgan fingerprint density at radius 2 is 1.20 bits per heavy atom. The van der Waals surface area contributed by atoms with Crippen molar-refractivity contribution in [2.75, 3.05) is 30.8 Å². The summed E-state index contributed by atoms with van der Waals surface area (Å²) in [5.74, 6) is -0.871. The third-order valence-electron chi connectivity index (χ3n) is 6.70. The number of carbonyl (C=O) groups excluding carboxylic acids is 4. The average molecular weight is 693 g/mol. The predicted octanol–water partition coefficient (Wildman–Crippen LogP) is 0.0500. The standard InChI is InChI=1S/C14H14N4O2.C8H15BrN2O.C8H9ClN2O/c15-13(19)11-3-1-5-17(9-11)7-8-18-6-2-4-12(10-18)14(16)20;2*9-3-5-11-4-1-2-7(6-11)8(10)12/h1-6,9-10H,7-8H2,(H2-2,15,16,19,20);7H,1-6H2,(H2,10,12);1-2,4,6H,3,5H2,(H-,10,12)/p+3. The van der Waals surface area contributed by atoms with Crippen molar-refractivity contribution in [2.45, 2.75) is 32.5 Å². The second kappa shape index (κ2) is 19.4. The summed E-state index contributed by atoms with van der Waals surface area (Å²) >= 11 is 8.91. The Kier molecular flexibility index (Phi) is 16.0. The van der Waals surface area contributed by atoms with Gasteiger partial charge in [0.05, 0.1) is 11.8 Å². The highest BCUT2D eigenvalue weighted by molar-refractivity contribution is 9.09. The van der Waals surface area contributed by atoms with E-state index in [1.54, 1.807) is 55.0 Å². The molecule has 1 aliphatic heterocycles. The van der Waals surface area contributed by atoms with Crippen LogP contribution in [0.15, 0.2) is 73.6 Å². The zero-order valence-electron chi connectivity index (χ0n) is 24.6. The average Bonchev–Trinajstić information content (AvgIpc) is 3.01. The molecule has 44 heavy (non-hydrogen) atoms. The van der Waals surface area contributed by atoms with Crippen LogP contribution in [0.3, 0.4) is 0 Å². The van der Waals surface area contributed by atoms with Gasteiger partial charge in [-0.2, -0.15) is 9.13 Å². The van der Waals surface area contributed by atoms with Gasteiger partial charge in [0.15, 0.2) is 43.7 Å². The van der Waals surface area contributed by atoms with Crippen LogP contribution in [-0.2, 0) is 24.4 Å². The van der Waals surface area contributed by atoms with Gasteiger partial charge in [-0.3, -0.25) is 19.2 Å². The summed E-state index contributed by atoms with van der Waals surface area (Å²) in [6.45, 7) is 4.95. The van der Waals surface area contributed by atoms with Gasteiger partial charge in [0.2, 0.25) is 19.0 Å². The van der Waals surface area contributed by atoms with E-state index in [9.17, 15) is 19.2 Å². The Labute approximate surface area is 270 Å². The minimum Gasteiger partial charge on any atom is -0.369 e. The van der Waals surface area contributed by atoms with Gasteiger partial charge in [-0.15, -0.1) is 11.6 Å². The number of aromatic nitrogens is 3. The molecule has 4 rings (SSSR count). The van der Waals surface area contributed by atoms with Crippen LogP contribution in [0.2, 0.25) is 0 Å². The van der Waals surface area contributed by atoms with Crippen molar-refractivity contribution in [2.24, 2.45) is 28.9 Å². The molecular weight excluding hydrogens is 652 g/mol. The lowest BCUT2D eigenvalue weighted by Crippen LogP contribution is -2.44. The number of primary amides is 4. The summed E-state index contributed by atoms with van der Waals surface area (Å²) < 4.78 is 5.56. The number of rotatable bonds is 11. The third kappa shape index (κ3) is 13.1. The monoisotopic (exact) mass is 691 g/mol. The highest BCUT2D eigenvalue weighted by Crippen LogP contribution is 2.15. The van der Waals surface area contributed by atoms with Crippen molar-refractivity contribution in [1.29, 1.82) is 0 Å². The van der Waals surface area contributed by atoms with Crippen molar-refractivity contribution in [3.63, 3.8) is 0 Å². The van der Waals surface area contributed by atoms with E-state index in [2.05, 4.69) is 20.8 Å². The number of halogens is 2. The smallest absolute Gasteiger partial charge is 0.254 e. The Bertz CT molecular complexity index is 1350. The molecule has 0 aliphatic carbocycles. The first-order valence-electron chi connectivity index (χ1n) is 14.0. The van der Waals surface area contributed by atoms with E-state index >= 15 is 0 Å². The van der Waals surface area contributed by atoms with Gasteiger partial charge in [0.1, 0.15) is 16.7 Å². The Balaban J connectivity index is 0.000000244. The van der Waals surface area contributed by atoms with Crippen LogP contribution in [0.4, 0.5) is 0 Å². The molecule has 4 amide bonds. The van der Waals surface area contributed by atoms with Gasteiger partial charge in [-0.25, -0.2) is 4.57 Å². The summed E-state index contributed by atoms with van der Waals surface area (Å²) in [4.78, 5) is 46.1. The number of hydrogen-bond donors (Lipinski definition) is 4. The zero-order valence-corrected chi connectivity index (χ0v) is 26.9. The van der Waals surface area contributed by atoms with Crippen molar-refractivity contribution in [3.05, 3.63) is 90.3 Å². The number of pyridine rings is 3. The quantitative estimate of drug-likeness (QED) is 0.163. The number of aryl methyl sites for hydroxylation is 3. The lowest BCUT2D eigenvalue weighted by molar-refractivity contribution is -0.778. The van der Waals surface area contributed by atoms with Gasteiger partial charge < -0.3 is 27.8 Å². The lowest BCUT2D eigenvalue weighted by Gasteiger charge is -2.30. The first kappa shape index (κ1) is 36.3. The Morgan fingerprint density at radius 3 is 1.57 bits per heavy atom. The number of nitrogens with zero attached hydrogens (tertiary/aromatic N) is 4. The number of alkyl halides is 2. The minimum atomic E-state index is -0.456. The number of nitrogens with two attached hydrogens (primary N) is 4. The molecule has 1 fully saturated rings. The molecule has 12 nitrogen and oxygen atoms in total. The summed E-state index contributed by atoms with van der Waals surface area (Å²) in [6.07, 6.45) is 12.7. The van der Waals surface area contributed by atoms with Gasteiger partial charge in [-0.1, -0.05) is 15.9 Å². The van der Waals surface area contributed by atoms with Crippen LogP contribution < -0.4 is 36.6 Å². The van der Waals surface area contributed by atoms with Gasteiger partial charge in [0.25, 0.3) is 17.7 Å². The van der Waals surface area contributed by atoms with Crippen molar-refractivity contribution in [3.8, 4) is 0 Å². The molecule has 0 radical (unpaired) electrons. The van der Waals surface area contributed by atoms with E-state index in [0.29, 0.717) is 42.2 Å². The number of carbonyl (C=O) groups is 4. The highest BCUT2D eigenvalue weighted by atomic mass is 79.9. The molecule has 3 aromatic rings. The van der Waals surface area contributed by atoms with E-state index in [-0.39, 0.29) is 11.8 Å². The van der Waals surface area contributed by atoms with Crippen LogP contribution in [0, 0.1) is 5.92 Å².